The van der Waals surface area contributed by atoms with Crippen LogP contribution >= 0.6 is 15.9 Å². The smallest absolute Gasteiger partial charge is 0.240 e. The van der Waals surface area contributed by atoms with Gasteiger partial charge in [0.05, 0.1) is 36.0 Å². The average molecular weight is 570 g/mol. The Kier molecular flexibility index (Phi) is 7.11. The topological polar surface area (TPSA) is 115 Å². The molecule has 38 heavy (non-hydrogen) atoms. The summed E-state index contributed by atoms with van der Waals surface area (Å²) in [7, 11) is 3.29. The molecule has 0 radical (unpaired) electrons. The van der Waals surface area contributed by atoms with Crippen LogP contribution in [0.15, 0.2) is 77.3 Å². The third kappa shape index (κ3) is 5.10. The number of hydrogen-bond acceptors (Lipinski definition) is 8. The summed E-state index contributed by atoms with van der Waals surface area (Å²) in [6, 6.07) is 25.3. The van der Waals surface area contributed by atoms with E-state index in [9.17, 15) is 5.26 Å². The van der Waals surface area contributed by atoms with Gasteiger partial charge in [0, 0.05) is 18.7 Å². The summed E-state index contributed by atoms with van der Waals surface area (Å²) in [6.07, 6.45) is 0. The standard InChI is InChI=1S/C28H24BrN7O2/c1-37-22-10-6-18(7-11-22)16-35(17-19-8-12-23(38-2)13-9-19)28-32-25(21-5-3-4-20(14-21)15-30)24(29)26-33-27(31)34-36(26)28/h3-14H,16-17H2,1-2H3,(H2,31,34). The SMILES string of the molecule is COc1ccc(CN(Cc2ccc(OC)cc2)c2nc(-c3cccc(C#N)c3)c(Br)c3nc(N)nn23)cc1. The van der Waals surface area contributed by atoms with Crippen molar-refractivity contribution in [2.24, 2.45) is 0 Å². The number of methoxy groups -OCH3 is 2. The Labute approximate surface area is 228 Å². The van der Waals surface area contributed by atoms with Gasteiger partial charge in [0.15, 0.2) is 5.65 Å². The van der Waals surface area contributed by atoms with Gasteiger partial charge >= 0.3 is 0 Å². The highest BCUT2D eigenvalue weighted by Gasteiger charge is 2.22. The molecule has 0 unspecified atom stereocenters. The minimum atomic E-state index is 0.130. The summed E-state index contributed by atoms with van der Waals surface area (Å²) >= 11 is 3.66. The number of anilines is 2. The summed E-state index contributed by atoms with van der Waals surface area (Å²) in [5.41, 5.74) is 10.6. The molecule has 0 aliphatic carbocycles. The lowest BCUT2D eigenvalue weighted by Crippen LogP contribution is -2.26. The van der Waals surface area contributed by atoms with E-state index in [0.717, 1.165) is 28.2 Å². The van der Waals surface area contributed by atoms with Crippen LogP contribution in [0.2, 0.25) is 0 Å². The van der Waals surface area contributed by atoms with Crippen molar-refractivity contribution in [1.29, 1.82) is 5.26 Å². The van der Waals surface area contributed by atoms with Crippen molar-refractivity contribution in [3.8, 4) is 28.8 Å². The van der Waals surface area contributed by atoms with E-state index in [1.165, 1.54) is 0 Å². The maximum atomic E-state index is 9.45. The van der Waals surface area contributed by atoms with Crippen molar-refractivity contribution < 1.29 is 9.47 Å². The van der Waals surface area contributed by atoms with Crippen molar-refractivity contribution in [1.82, 2.24) is 19.6 Å². The Morgan fingerprint density at radius 1 is 0.921 bits per heavy atom. The van der Waals surface area contributed by atoms with Crippen LogP contribution in [0.3, 0.4) is 0 Å². The maximum absolute atomic E-state index is 9.45. The van der Waals surface area contributed by atoms with E-state index in [2.05, 4.69) is 37.0 Å². The molecule has 0 spiro atoms. The second kappa shape index (κ2) is 10.8. The number of halogens is 1. The molecule has 9 nitrogen and oxygen atoms in total. The fourth-order valence-corrected chi connectivity index (χ4v) is 4.72. The highest BCUT2D eigenvalue weighted by atomic mass is 79.9. The molecule has 0 aliphatic heterocycles. The quantitative estimate of drug-likeness (QED) is 0.270. The van der Waals surface area contributed by atoms with Gasteiger partial charge in [-0.25, -0.2) is 4.98 Å². The number of hydrogen-bond donors (Lipinski definition) is 1. The molecule has 5 rings (SSSR count). The van der Waals surface area contributed by atoms with Crippen molar-refractivity contribution in [3.05, 3.63) is 94.0 Å². The van der Waals surface area contributed by atoms with E-state index < -0.39 is 0 Å². The zero-order valence-electron chi connectivity index (χ0n) is 20.8. The van der Waals surface area contributed by atoms with Gasteiger partial charge in [-0.05, 0) is 63.5 Å². The Morgan fingerprint density at radius 3 is 2.08 bits per heavy atom. The van der Waals surface area contributed by atoms with Crippen LogP contribution in [-0.4, -0.2) is 33.8 Å². The van der Waals surface area contributed by atoms with Crippen molar-refractivity contribution >= 4 is 33.5 Å². The van der Waals surface area contributed by atoms with Crippen LogP contribution in [0.1, 0.15) is 16.7 Å². The number of aromatic nitrogens is 4. The lowest BCUT2D eigenvalue weighted by Gasteiger charge is -2.25. The van der Waals surface area contributed by atoms with E-state index >= 15 is 0 Å². The molecule has 0 saturated carbocycles. The Bertz CT molecular complexity index is 1580. The Balaban J connectivity index is 1.66. The van der Waals surface area contributed by atoms with Gasteiger partial charge in [-0.2, -0.15) is 14.8 Å². The van der Waals surface area contributed by atoms with Gasteiger partial charge < -0.3 is 20.1 Å². The minimum Gasteiger partial charge on any atom is -0.497 e. The zero-order valence-corrected chi connectivity index (χ0v) is 22.4. The largest absolute Gasteiger partial charge is 0.497 e. The number of ether oxygens (including phenoxy) is 2. The maximum Gasteiger partial charge on any atom is 0.240 e. The Hall–Kier alpha value is -4.62. The molecular formula is C28H24BrN7O2. The number of rotatable bonds is 8. The van der Waals surface area contributed by atoms with Gasteiger partial charge in [-0.15, -0.1) is 5.10 Å². The van der Waals surface area contributed by atoms with Gasteiger partial charge in [0.2, 0.25) is 11.9 Å². The molecule has 0 bridgehead atoms. The molecule has 0 saturated heterocycles. The lowest BCUT2D eigenvalue weighted by atomic mass is 10.1. The van der Waals surface area contributed by atoms with Crippen molar-refractivity contribution in [2.45, 2.75) is 13.1 Å². The van der Waals surface area contributed by atoms with E-state index in [1.54, 1.807) is 30.9 Å². The normalized spacial score (nSPS) is 10.8. The average Bonchev–Trinajstić information content (AvgIpc) is 3.36. The molecular weight excluding hydrogens is 546 g/mol. The predicted octanol–water partition coefficient (Wildman–Crippen LogP) is 5.23. The molecule has 0 fully saturated rings. The van der Waals surface area contributed by atoms with Crippen LogP contribution < -0.4 is 20.1 Å². The molecule has 0 aliphatic rings. The molecule has 2 N–H and O–H groups in total. The number of nitrogens with zero attached hydrogens (tertiary/aromatic N) is 6. The fraction of sp³-hybridized carbons (Fsp3) is 0.143. The Morgan fingerprint density at radius 2 is 1.53 bits per heavy atom. The number of benzene rings is 3. The first kappa shape index (κ1) is 25.0. The van der Waals surface area contributed by atoms with Gasteiger partial charge in [-0.1, -0.05) is 36.4 Å². The second-order valence-electron chi connectivity index (χ2n) is 8.52. The zero-order chi connectivity index (χ0) is 26.6. The third-order valence-corrected chi connectivity index (χ3v) is 6.77. The van der Waals surface area contributed by atoms with Crippen LogP contribution in [0, 0.1) is 11.3 Å². The molecule has 10 heteroatoms. The summed E-state index contributed by atoms with van der Waals surface area (Å²) in [6.45, 7) is 1.05. The first-order chi connectivity index (χ1) is 18.5. The van der Waals surface area contributed by atoms with Gasteiger partial charge in [-0.3, -0.25) is 0 Å². The molecule has 5 aromatic rings. The van der Waals surface area contributed by atoms with Crippen molar-refractivity contribution in [3.63, 3.8) is 0 Å². The lowest BCUT2D eigenvalue weighted by molar-refractivity contribution is 0.414. The second-order valence-corrected chi connectivity index (χ2v) is 9.32. The van der Waals surface area contributed by atoms with E-state index in [4.69, 9.17) is 20.2 Å². The molecule has 0 amide bonds. The summed E-state index contributed by atoms with van der Waals surface area (Å²) in [4.78, 5) is 11.6. The molecule has 2 aromatic heterocycles. The van der Waals surface area contributed by atoms with E-state index in [1.807, 2.05) is 60.7 Å². The fourth-order valence-electron chi connectivity index (χ4n) is 4.14. The van der Waals surface area contributed by atoms with E-state index in [0.29, 0.717) is 40.4 Å². The van der Waals surface area contributed by atoms with Crippen LogP contribution in [0.25, 0.3) is 16.9 Å². The highest BCUT2D eigenvalue weighted by Crippen LogP contribution is 2.34. The summed E-state index contributed by atoms with van der Waals surface area (Å²) in [5.74, 6) is 2.24. The first-order valence-corrected chi connectivity index (χ1v) is 12.5. The summed E-state index contributed by atoms with van der Waals surface area (Å²) in [5, 5.41) is 13.9. The number of nitriles is 1. The monoisotopic (exact) mass is 569 g/mol. The third-order valence-electron chi connectivity index (χ3n) is 6.04. The number of fused-ring (bicyclic) bond motifs is 1. The molecule has 3 aromatic carbocycles. The minimum absolute atomic E-state index is 0.130. The van der Waals surface area contributed by atoms with Crippen LogP contribution in [0.4, 0.5) is 11.9 Å². The van der Waals surface area contributed by atoms with Gasteiger partial charge in [0.25, 0.3) is 0 Å². The van der Waals surface area contributed by atoms with E-state index in [-0.39, 0.29) is 5.95 Å². The summed E-state index contributed by atoms with van der Waals surface area (Å²) < 4.78 is 12.9. The molecule has 2 heterocycles. The molecule has 190 valence electrons. The van der Waals surface area contributed by atoms with Crippen molar-refractivity contribution in [2.75, 3.05) is 24.9 Å². The molecule has 0 atom stereocenters. The highest BCUT2D eigenvalue weighted by molar-refractivity contribution is 9.10. The predicted molar refractivity (Wildman–Crippen MR) is 149 cm³/mol. The van der Waals surface area contributed by atoms with Crippen LogP contribution in [-0.2, 0) is 13.1 Å². The number of nitrogens with two attached hydrogens (primary N) is 1. The number of nitrogen functional groups attached to an aromatic ring is 1. The van der Waals surface area contributed by atoms with Crippen LogP contribution in [0.5, 0.6) is 11.5 Å². The first-order valence-electron chi connectivity index (χ1n) is 11.7. The van der Waals surface area contributed by atoms with Gasteiger partial charge in [0.1, 0.15) is 11.5 Å².